The Morgan fingerprint density at radius 3 is 2.46 bits per heavy atom. The minimum Gasteiger partial charge on any atom is -0.497 e. The van der Waals surface area contributed by atoms with Gasteiger partial charge in [-0.2, -0.15) is 0 Å². The number of nitrogens with one attached hydrogen (secondary N) is 2. The zero-order valence-corrected chi connectivity index (χ0v) is 14.4. The Kier molecular flexibility index (Phi) is 4.10. The van der Waals surface area contributed by atoms with Crippen molar-refractivity contribution in [2.45, 2.75) is 0 Å². The van der Waals surface area contributed by atoms with E-state index < -0.39 is 0 Å². The summed E-state index contributed by atoms with van der Waals surface area (Å²) in [4.78, 5) is 16.4. The largest absolute Gasteiger partial charge is 0.497 e. The van der Waals surface area contributed by atoms with Gasteiger partial charge in [-0.3, -0.25) is 0 Å². The van der Waals surface area contributed by atoms with Crippen molar-refractivity contribution in [2.75, 3.05) is 19.5 Å². The van der Waals surface area contributed by atoms with Gasteiger partial charge < -0.3 is 19.8 Å². The fourth-order valence-corrected chi connectivity index (χ4v) is 2.76. The highest BCUT2D eigenvalue weighted by atomic mass is 16.5. The lowest BCUT2D eigenvalue weighted by Gasteiger charge is -2.10. The number of aromatic nitrogens is 4. The average Bonchev–Trinajstić information content (AvgIpc) is 3.16. The standard InChI is InChI=1S/C19H17N5O2/c1-25-13-9-12(10-14(11-13)26-2)23-19-22-8-5-17(24-19)15-3-6-20-18-16(15)4-7-21-18/h3-11H,1-2H3,(H,20,21)(H,22,23,24). The minimum absolute atomic E-state index is 0.485. The number of fused-ring (bicyclic) bond motifs is 1. The van der Waals surface area contributed by atoms with Crippen LogP contribution in [0.15, 0.2) is 55.0 Å². The molecule has 0 atom stereocenters. The number of hydrogen-bond donors (Lipinski definition) is 2. The Hall–Kier alpha value is -3.61. The number of H-pyrrole nitrogens is 1. The van der Waals surface area contributed by atoms with Crippen molar-refractivity contribution in [1.82, 2.24) is 19.9 Å². The van der Waals surface area contributed by atoms with Gasteiger partial charge in [0.15, 0.2) is 0 Å². The van der Waals surface area contributed by atoms with Gasteiger partial charge >= 0.3 is 0 Å². The molecule has 3 aromatic heterocycles. The monoisotopic (exact) mass is 347 g/mol. The molecule has 4 aromatic rings. The summed E-state index contributed by atoms with van der Waals surface area (Å²) >= 11 is 0. The van der Waals surface area contributed by atoms with Crippen molar-refractivity contribution in [1.29, 1.82) is 0 Å². The van der Waals surface area contributed by atoms with Gasteiger partial charge in [-0.05, 0) is 18.2 Å². The average molecular weight is 347 g/mol. The maximum atomic E-state index is 5.30. The van der Waals surface area contributed by atoms with Crippen LogP contribution in [-0.4, -0.2) is 34.2 Å². The molecule has 0 aliphatic carbocycles. The van der Waals surface area contributed by atoms with Gasteiger partial charge in [0.05, 0.1) is 19.9 Å². The second-order valence-electron chi connectivity index (χ2n) is 5.59. The van der Waals surface area contributed by atoms with Gasteiger partial charge in [0.1, 0.15) is 17.1 Å². The molecule has 3 heterocycles. The highest BCUT2D eigenvalue weighted by Gasteiger charge is 2.09. The third-order valence-electron chi connectivity index (χ3n) is 4.00. The number of nitrogens with zero attached hydrogens (tertiary/aromatic N) is 3. The van der Waals surface area contributed by atoms with Crippen LogP contribution in [0.3, 0.4) is 0 Å². The highest BCUT2D eigenvalue weighted by molar-refractivity contribution is 5.91. The van der Waals surface area contributed by atoms with Crippen LogP contribution in [0.25, 0.3) is 22.3 Å². The van der Waals surface area contributed by atoms with Gasteiger partial charge in [0.25, 0.3) is 0 Å². The van der Waals surface area contributed by atoms with E-state index in [9.17, 15) is 0 Å². The molecule has 0 aliphatic heterocycles. The molecule has 4 rings (SSSR count). The topological polar surface area (TPSA) is 85.0 Å². The summed E-state index contributed by atoms with van der Waals surface area (Å²) in [6.07, 6.45) is 5.35. The molecule has 0 saturated heterocycles. The number of anilines is 2. The van der Waals surface area contributed by atoms with Crippen LogP contribution >= 0.6 is 0 Å². The van der Waals surface area contributed by atoms with Gasteiger partial charge in [-0.15, -0.1) is 0 Å². The van der Waals surface area contributed by atoms with Crippen LogP contribution in [-0.2, 0) is 0 Å². The molecule has 0 fully saturated rings. The highest BCUT2D eigenvalue weighted by Crippen LogP contribution is 2.29. The van der Waals surface area contributed by atoms with Crippen molar-refractivity contribution in [3.8, 4) is 22.8 Å². The molecular weight excluding hydrogens is 330 g/mol. The number of benzene rings is 1. The van der Waals surface area contributed by atoms with Crippen LogP contribution in [0, 0.1) is 0 Å². The molecule has 26 heavy (non-hydrogen) atoms. The Bertz CT molecular complexity index is 1040. The van der Waals surface area contributed by atoms with E-state index in [-0.39, 0.29) is 0 Å². The fourth-order valence-electron chi connectivity index (χ4n) is 2.76. The maximum Gasteiger partial charge on any atom is 0.227 e. The Labute approximate surface area is 150 Å². The predicted octanol–water partition coefficient (Wildman–Crippen LogP) is 3.78. The van der Waals surface area contributed by atoms with Crippen LogP contribution in [0.2, 0.25) is 0 Å². The molecule has 0 spiro atoms. The quantitative estimate of drug-likeness (QED) is 0.571. The van der Waals surface area contributed by atoms with Gasteiger partial charge in [-0.25, -0.2) is 15.0 Å². The van der Waals surface area contributed by atoms with Crippen molar-refractivity contribution in [2.24, 2.45) is 0 Å². The Morgan fingerprint density at radius 1 is 0.923 bits per heavy atom. The molecule has 1 aromatic carbocycles. The molecule has 2 N–H and O–H groups in total. The zero-order valence-electron chi connectivity index (χ0n) is 14.4. The molecule has 0 aliphatic rings. The molecular formula is C19H17N5O2. The van der Waals surface area contributed by atoms with E-state index in [1.165, 1.54) is 0 Å². The minimum atomic E-state index is 0.485. The SMILES string of the molecule is COc1cc(Nc2nccc(-c3ccnc4[nH]ccc34)n2)cc(OC)c1. The number of ether oxygens (including phenoxy) is 2. The van der Waals surface area contributed by atoms with Crippen LogP contribution in [0.1, 0.15) is 0 Å². The molecule has 0 bridgehead atoms. The Morgan fingerprint density at radius 2 is 1.69 bits per heavy atom. The fraction of sp³-hybridized carbons (Fsp3) is 0.105. The van der Waals surface area contributed by atoms with Gasteiger partial charge in [0, 0.05) is 53.4 Å². The number of aromatic amines is 1. The summed E-state index contributed by atoms with van der Waals surface area (Å²) in [5.74, 6) is 1.86. The van der Waals surface area contributed by atoms with E-state index in [0.717, 1.165) is 28.0 Å². The van der Waals surface area contributed by atoms with Crippen molar-refractivity contribution in [3.63, 3.8) is 0 Å². The summed E-state index contributed by atoms with van der Waals surface area (Å²) in [6.45, 7) is 0. The molecule has 7 nitrogen and oxygen atoms in total. The van der Waals surface area contributed by atoms with E-state index in [0.29, 0.717) is 17.4 Å². The second kappa shape index (κ2) is 6.72. The third-order valence-corrected chi connectivity index (χ3v) is 4.00. The zero-order chi connectivity index (χ0) is 17.9. The molecule has 0 unspecified atom stereocenters. The van der Waals surface area contributed by atoms with Crippen molar-refractivity contribution in [3.05, 3.63) is 55.0 Å². The lowest BCUT2D eigenvalue weighted by atomic mass is 10.1. The summed E-state index contributed by atoms with van der Waals surface area (Å²) < 4.78 is 10.6. The van der Waals surface area contributed by atoms with E-state index >= 15 is 0 Å². The lowest BCUT2D eigenvalue weighted by Crippen LogP contribution is -1.99. The lowest BCUT2D eigenvalue weighted by molar-refractivity contribution is 0.395. The summed E-state index contributed by atoms with van der Waals surface area (Å²) in [6, 6.07) is 11.3. The molecule has 0 radical (unpaired) electrons. The first kappa shape index (κ1) is 15.9. The summed E-state index contributed by atoms with van der Waals surface area (Å²) in [5, 5.41) is 4.21. The molecule has 7 heteroatoms. The predicted molar refractivity (Wildman–Crippen MR) is 99.9 cm³/mol. The van der Waals surface area contributed by atoms with E-state index in [2.05, 4.69) is 25.3 Å². The number of pyridine rings is 1. The second-order valence-corrected chi connectivity index (χ2v) is 5.59. The first-order chi connectivity index (χ1) is 12.8. The number of hydrogen-bond acceptors (Lipinski definition) is 6. The Balaban J connectivity index is 1.70. The first-order valence-corrected chi connectivity index (χ1v) is 8.02. The van der Waals surface area contributed by atoms with Crippen LogP contribution < -0.4 is 14.8 Å². The summed E-state index contributed by atoms with van der Waals surface area (Å²) in [5.41, 5.74) is 3.40. The van der Waals surface area contributed by atoms with E-state index in [4.69, 9.17) is 9.47 Å². The smallest absolute Gasteiger partial charge is 0.227 e. The van der Waals surface area contributed by atoms with Gasteiger partial charge in [0.2, 0.25) is 5.95 Å². The maximum absolute atomic E-state index is 5.30. The van der Waals surface area contributed by atoms with E-state index in [1.54, 1.807) is 26.6 Å². The van der Waals surface area contributed by atoms with E-state index in [1.807, 2.05) is 42.6 Å². The molecule has 130 valence electrons. The van der Waals surface area contributed by atoms with Crippen LogP contribution in [0.4, 0.5) is 11.6 Å². The van der Waals surface area contributed by atoms with Crippen LogP contribution in [0.5, 0.6) is 11.5 Å². The third kappa shape index (κ3) is 3.02. The molecule has 0 amide bonds. The van der Waals surface area contributed by atoms with Crippen molar-refractivity contribution < 1.29 is 9.47 Å². The normalized spacial score (nSPS) is 10.7. The molecule has 0 saturated carbocycles. The summed E-state index contributed by atoms with van der Waals surface area (Å²) in [7, 11) is 3.22. The van der Waals surface area contributed by atoms with Crippen molar-refractivity contribution >= 4 is 22.7 Å². The number of rotatable bonds is 5. The van der Waals surface area contributed by atoms with Gasteiger partial charge in [-0.1, -0.05) is 0 Å². The first-order valence-electron chi connectivity index (χ1n) is 8.02. The number of methoxy groups -OCH3 is 2.